The van der Waals surface area contributed by atoms with Crippen LogP contribution < -0.4 is 20.3 Å². The smallest absolute Gasteiger partial charge is 0.338 e. The standard InChI is InChI=1S/C28H30N4O5S/c1-4-37-28(34)20-10-15-23-24(18-20)31-27(33)25(23)26(19-8-6-5-7-9-19)30-21-11-13-22(14-12-21)32(17-16-29-2)38(3,35)36/h5-15,18,29-30H,4,16-17H2,1-3H3,(H,31,33)/b26-25-. The van der Waals surface area contributed by atoms with Crippen molar-refractivity contribution in [1.82, 2.24) is 5.32 Å². The summed E-state index contributed by atoms with van der Waals surface area (Å²) in [5.41, 5.74) is 4.53. The number of esters is 1. The van der Waals surface area contributed by atoms with Gasteiger partial charge in [0.1, 0.15) is 0 Å². The summed E-state index contributed by atoms with van der Waals surface area (Å²) in [6, 6.07) is 21.4. The van der Waals surface area contributed by atoms with E-state index in [-0.39, 0.29) is 12.5 Å². The van der Waals surface area contributed by atoms with E-state index in [2.05, 4.69) is 16.0 Å². The third-order valence-electron chi connectivity index (χ3n) is 5.98. The van der Waals surface area contributed by atoms with Crippen LogP contribution >= 0.6 is 0 Å². The van der Waals surface area contributed by atoms with E-state index in [1.54, 1.807) is 56.4 Å². The van der Waals surface area contributed by atoms with Crippen molar-refractivity contribution >= 4 is 50.2 Å². The summed E-state index contributed by atoms with van der Waals surface area (Å²) in [6.07, 6.45) is 1.18. The predicted octanol–water partition coefficient (Wildman–Crippen LogP) is 3.78. The van der Waals surface area contributed by atoms with Crippen molar-refractivity contribution in [2.45, 2.75) is 6.92 Å². The molecule has 3 aromatic rings. The van der Waals surface area contributed by atoms with E-state index in [1.165, 1.54) is 10.6 Å². The Morgan fingerprint density at radius 2 is 1.71 bits per heavy atom. The molecule has 1 amide bonds. The first-order chi connectivity index (χ1) is 18.2. The summed E-state index contributed by atoms with van der Waals surface area (Å²) in [6.45, 7) is 2.79. The van der Waals surface area contributed by atoms with Gasteiger partial charge in [-0.05, 0) is 55.9 Å². The fourth-order valence-corrected chi connectivity index (χ4v) is 5.13. The molecule has 198 valence electrons. The van der Waals surface area contributed by atoms with Gasteiger partial charge in [0.25, 0.3) is 5.91 Å². The Morgan fingerprint density at radius 3 is 2.34 bits per heavy atom. The lowest BCUT2D eigenvalue weighted by atomic mass is 9.99. The number of carbonyl (C=O) groups is 2. The first kappa shape index (κ1) is 26.9. The second-order valence-electron chi connectivity index (χ2n) is 8.66. The number of benzene rings is 3. The van der Waals surface area contributed by atoms with E-state index in [4.69, 9.17) is 4.74 Å². The Bertz CT molecular complexity index is 1470. The minimum Gasteiger partial charge on any atom is -0.462 e. The maximum absolute atomic E-state index is 13.2. The molecule has 3 N–H and O–H groups in total. The normalized spacial score (nSPS) is 13.9. The molecule has 0 saturated heterocycles. The predicted molar refractivity (Wildman–Crippen MR) is 150 cm³/mol. The summed E-state index contributed by atoms with van der Waals surface area (Å²) < 4.78 is 31.1. The quantitative estimate of drug-likeness (QED) is 0.268. The number of nitrogens with zero attached hydrogens (tertiary/aromatic N) is 1. The van der Waals surface area contributed by atoms with Gasteiger partial charge in [0.2, 0.25) is 10.0 Å². The number of anilines is 3. The molecular weight excluding hydrogens is 504 g/mol. The van der Waals surface area contributed by atoms with E-state index in [0.29, 0.717) is 52.5 Å². The third kappa shape index (κ3) is 5.87. The number of nitrogens with one attached hydrogen (secondary N) is 3. The van der Waals surface area contributed by atoms with Crippen LogP contribution in [0.1, 0.15) is 28.4 Å². The van der Waals surface area contributed by atoms with Gasteiger partial charge < -0.3 is 20.7 Å². The van der Waals surface area contributed by atoms with E-state index in [1.807, 2.05) is 30.3 Å². The molecule has 1 aliphatic rings. The Balaban J connectivity index is 1.73. The van der Waals surface area contributed by atoms with Crippen molar-refractivity contribution in [2.24, 2.45) is 0 Å². The number of ether oxygens (including phenoxy) is 1. The number of likely N-dealkylation sites (N-methyl/N-ethyl adjacent to an activating group) is 1. The largest absolute Gasteiger partial charge is 0.462 e. The average molecular weight is 535 g/mol. The van der Waals surface area contributed by atoms with Crippen LogP contribution in [0.3, 0.4) is 0 Å². The minimum absolute atomic E-state index is 0.256. The van der Waals surface area contributed by atoms with Crippen LogP contribution in [0, 0.1) is 0 Å². The number of hydrogen-bond acceptors (Lipinski definition) is 7. The molecule has 0 fully saturated rings. The van der Waals surface area contributed by atoms with Crippen molar-refractivity contribution in [3.05, 3.63) is 89.5 Å². The van der Waals surface area contributed by atoms with Gasteiger partial charge in [-0.2, -0.15) is 0 Å². The van der Waals surface area contributed by atoms with Gasteiger partial charge >= 0.3 is 5.97 Å². The highest BCUT2D eigenvalue weighted by atomic mass is 32.2. The number of amides is 1. The van der Waals surface area contributed by atoms with Gasteiger partial charge in [0, 0.05) is 24.3 Å². The van der Waals surface area contributed by atoms with Crippen molar-refractivity contribution in [2.75, 3.05) is 47.9 Å². The lowest BCUT2D eigenvalue weighted by molar-refractivity contribution is -0.110. The lowest BCUT2D eigenvalue weighted by Gasteiger charge is -2.23. The fourth-order valence-electron chi connectivity index (χ4n) is 4.20. The number of sulfonamides is 1. The molecule has 0 unspecified atom stereocenters. The van der Waals surface area contributed by atoms with Crippen molar-refractivity contribution in [1.29, 1.82) is 0 Å². The SMILES string of the molecule is CCOC(=O)c1ccc2c(c1)NC(=O)/C2=C(\Nc1ccc(N(CCNC)S(C)(=O)=O)cc1)c1ccccc1. The molecule has 0 aliphatic carbocycles. The Kier molecular flexibility index (Phi) is 8.13. The van der Waals surface area contributed by atoms with Crippen LogP contribution in [0.25, 0.3) is 11.3 Å². The highest BCUT2D eigenvalue weighted by Crippen LogP contribution is 2.38. The second-order valence-corrected chi connectivity index (χ2v) is 10.6. The molecule has 38 heavy (non-hydrogen) atoms. The third-order valence-corrected chi connectivity index (χ3v) is 7.17. The van der Waals surface area contributed by atoms with Gasteiger partial charge in [-0.25, -0.2) is 13.2 Å². The zero-order valence-corrected chi connectivity index (χ0v) is 22.3. The van der Waals surface area contributed by atoms with Crippen LogP contribution in [-0.4, -0.2) is 53.3 Å². The first-order valence-electron chi connectivity index (χ1n) is 12.1. The zero-order chi connectivity index (χ0) is 27.3. The van der Waals surface area contributed by atoms with Crippen LogP contribution in [0.4, 0.5) is 17.1 Å². The molecule has 9 nitrogen and oxygen atoms in total. The Labute approximate surface area is 222 Å². The van der Waals surface area contributed by atoms with Gasteiger partial charge in [0.05, 0.1) is 41.1 Å². The highest BCUT2D eigenvalue weighted by molar-refractivity contribution is 7.92. The summed E-state index contributed by atoms with van der Waals surface area (Å²) in [7, 11) is -1.69. The number of hydrogen-bond donors (Lipinski definition) is 3. The van der Waals surface area contributed by atoms with Crippen molar-refractivity contribution < 1.29 is 22.7 Å². The molecule has 0 saturated carbocycles. The number of carbonyl (C=O) groups excluding carboxylic acids is 2. The highest BCUT2D eigenvalue weighted by Gasteiger charge is 2.29. The molecule has 1 heterocycles. The van der Waals surface area contributed by atoms with E-state index < -0.39 is 16.0 Å². The molecule has 0 atom stereocenters. The first-order valence-corrected chi connectivity index (χ1v) is 14.0. The molecule has 4 rings (SSSR count). The summed E-state index contributed by atoms with van der Waals surface area (Å²) in [5, 5.41) is 9.19. The summed E-state index contributed by atoms with van der Waals surface area (Å²) >= 11 is 0. The fraction of sp³-hybridized carbons (Fsp3) is 0.214. The van der Waals surface area contributed by atoms with E-state index >= 15 is 0 Å². The van der Waals surface area contributed by atoms with Gasteiger partial charge in [-0.15, -0.1) is 0 Å². The van der Waals surface area contributed by atoms with Gasteiger partial charge in [-0.3, -0.25) is 9.10 Å². The van der Waals surface area contributed by atoms with Gasteiger partial charge in [0.15, 0.2) is 0 Å². The number of fused-ring (bicyclic) bond motifs is 1. The monoisotopic (exact) mass is 534 g/mol. The molecule has 10 heteroatoms. The summed E-state index contributed by atoms with van der Waals surface area (Å²) in [4.78, 5) is 25.4. The maximum atomic E-state index is 13.2. The topological polar surface area (TPSA) is 117 Å². The minimum atomic E-state index is -3.46. The molecule has 0 radical (unpaired) electrons. The van der Waals surface area contributed by atoms with Crippen LogP contribution in [-0.2, 0) is 19.6 Å². The number of rotatable bonds is 10. The van der Waals surface area contributed by atoms with Crippen molar-refractivity contribution in [3.8, 4) is 0 Å². The van der Waals surface area contributed by atoms with Crippen LogP contribution in [0.2, 0.25) is 0 Å². The molecule has 3 aromatic carbocycles. The lowest BCUT2D eigenvalue weighted by Crippen LogP contribution is -2.35. The average Bonchev–Trinajstić information content (AvgIpc) is 3.23. The maximum Gasteiger partial charge on any atom is 0.338 e. The Hall–Kier alpha value is -4.15. The molecule has 0 bridgehead atoms. The molecule has 1 aliphatic heterocycles. The van der Waals surface area contributed by atoms with E-state index in [9.17, 15) is 18.0 Å². The second kappa shape index (κ2) is 11.5. The van der Waals surface area contributed by atoms with Gasteiger partial charge in [-0.1, -0.05) is 36.4 Å². The van der Waals surface area contributed by atoms with Crippen molar-refractivity contribution in [3.63, 3.8) is 0 Å². The van der Waals surface area contributed by atoms with E-state index in [0.717, 1.165) is 5.56 Å². The Morgan fingerprint density at radius 1 is 1.00 bits per heavy atom. The molecule has 0 spiro atoms. The summed E-state index contributed by atoms with van der Waals surface area (Å²) in [5.74, 6) is -0.763. The molecule has 0 aromatic heterocycles. The van der Waals surface area contributed by atoms with Crippen LogP contribution in [0.15, 0.2) is 72.8 Å². The molecular formula is C28H30N4O5S. The van der Waals surface area contributed by atoms with Crippen LogP contribution in [0.5, 0.6) is 0 Å². The zero-order valence-electron chi connectivity index (χ0n) is 21.4.